The average molecular weight is 317 g/mol. The second-order valence-electron chi connectivity index (χ2n) is 3.79. The van der Waals surface area contributed by atoms with Gasteiger partial charge in [-0.05, 0) is 52.7 Å². The topological polar surface area (TPSA) is 55.1 Å². The second kappa shape index (κ2) is 6.91. The molecule has 2 amide bonds. The SMILES string of the molecule is CCC(Cc1ccc(SC)c(Br)c1)NC(N)=O. The molecule has 1 atom stereocenters. The summed E-state index contributed by atoms with van der Waals surface area (Å²) in [4.78, 5) is 12.0. The third kappa shape index (κ3) is 4.60. The average Bonchev–Trinajstić information content (AvgIpc) is 2.27. The van der Waals surface area contributed by atoms with E-state index in [1.807, 2.05) is 13.2 Å². The predicted molar refractivity (Wildman–Crippen MR) is 76.4 cm³/mol. The van der Waals surface area contributed by atoms with Crippen LogP contribution >= 0.6 is 27.7 Å². The van der Waals surface area contributed by atoms with Crippen molar-refractivity contribution in [1.29, 1.82) is 0 Å². The van der Waals surface area contributed by atoms with E-state index >= 15 is 0 Å². The highest BCUT2D eigenvalue weighted by atomic mass is 79.9. The minimum atomic E-state index is -0.461. The fourth-order valence-corrected chi connectivity index (χ4v) is 2.99. The van der Waals surface area contributed by atoms with Gasteiger partial charge in [-0.15, -0.1) is 11.8 Å². The normalized spacial score (nSPS) is 12.2. The number of nitrogens with one attached hydrogen (secondary N) is 1. The fraction of sp³-hybridized carbons (Fsp3) is 0.417. The third-order valence-electron chi connectivity index (χ3n) is 2.54. The lowest BCUT2D eigenvalue weighted by Gasteiger charge is -2.16. The largest absolute Gasteiger partial charge is 0.352 e. The Morgan fingerprint density at radius 2 is 2.29 bits per heavy atom. The van der Waals surface area contributed by atoms with Gasteiger partial charge >= 0.3 is 6.03 Å². The number of benzene rings is 1. The van der Waals surface area contributed by atoms with Crippen molar-refractivity contribution in [3.63, 3.8) is 0 Å². The summed E-state index contributed by atoms with van der Waals surface area (Å²) >= 11 is 5.24. The first-order chi connectivity index (χ1) is 8.06. The number of hydrogen-bond donors (Lipinski definition) is 2. The van der Waals surface area contributed by atoms with Crippen molar-refractivity contribution in [3.05, 3.63) is 28.2 Å². The Hall–Kier alpha value is -0.680. The summed E-state index contributed by atoms with van der Waals surface area (Å²) in [5.74, 6) is 0. The Labute approximate surface area is 115 Å². The molecule has 1 unspecified atom stereocenters. The van der Waals surface area contributed by atoms with Gasteiger partial charge in [-0.25, -0.2) is 4.79 Å². The molecule has 0 aliphatic rings. The number of nitrogens with two attached hydrogens (primary N) is 1. The molecule has 1 aromatic carbocycles. The Morgan fingerprint density at radius 3 is 2.76 bits per heavy atom. The molecule has 5 heteroatoms. The van der Waals surface area contributed by atoms with Crippen LogP contribution in [0.1, 0.15) is 18.9 Å². The van der Waals surface area contributed by atoms with Gasteiger partial charge in [0.05, 0.1) is 0 Å². The summed E-state index contributed by atoms with van der Waals surface area (Å²) in [5.41, 5.74) is 6.33. The monoisotopic (exact) mass is 316 g/mol. The van der Waals surface area contributed by atoms with Gasteiger partial charge in [0.2, 0.25) is 0 Å². The summed E-state index contributed by atoms with van der Waals surface area (Å²) < 4.78 is 1.09. The molecular formula is C12H17BrN2OS. The molecule has 0 bridgehead atoms. The maximum Gasteiger partial charge on any atom is 0.312 e. The van der Waals surface area contributed by atoms with Crippen LogP contribution in [0, 0.1) is 0 Å². The third-order valence-corrected chi connectivity index (χ3v) is 4.25. The van der Waals surface area contributed by atoms with E-state index < -0.39 is 6.03 Å². The van der Waals surface area contributed by atoms with Crippen LogP contribution in [0.3, 0.4) is 0 Å². The van der Waals surface area contributed by atoms with Gasteiger partial charge in [-0.2, -0.15) is 0 Å². The summed E-state index contributed by atoms with van der Waals surface area (Å²) in [6.07, 6.45) is 3.71. The van der Waals surface area contributed by atoms with Crippen molar-refractivity contribution in [2.24, 2.45) is 5.73 Å². The first kappa shape index (κ1) is 14.4. The van der Waals surface area contributed by atoms with Gasteiger partial charge in [-0.1, -0.05) is 13.0 Å². The van der Waals surface area contributed by atoms with E-state index in [9.17, 15) is 4.79 Å². The number of thioether (sulfide) groups is 1. The minimum Gasteiger partial charge on any atom is -0.352 e. The molecule has 3 nitrogen and oxygen atoms in total. The molecule has 0 aliphatic heterocycles. The van der Waals surface area contributed by atoms with Gasteiger partial charge in [0.25, 0.3) is 0 Å². The highest BCUT2D eigenvalue weighted by Gasteiger charge is 2.10. The number of carbonyl (C=O) groups excluding carboxylic acids is 1. The van der Waals surface area contributed by atoms with E-state index in [4.69, 9.17) is 5.73 Å². The molecule has 0 spiro atoms. The van der Waals surface area contributed by atoms with E-state index in [0.29, 0.717) is 0 Å². The minimum absolute atomic E-state index is 0.0968. The molecule has 0 fully saturated rings. The Bertz CT molecular complexity index is 398. The molecule has 0 saturated heterocycles. The van der Waals surface area contributed by atoms with Crippen molar-refractivity contribution in [2.45, 2.75) is 30.7 Å². The first-order valence-electron chi connectivity index (χ1n) is 5.45. The number of hydrogen-bond acceptors (Lipinski definition) is 2. The molecule has 17 heavy (non-hydrogen) atoms. The van der Waals surface area contributed by atoms with Crippen molar-refractivity contribution in [3.8, 4) is 0 Å². The van der Waals surface area contributed by atoms with Crippen LogP contribution in [0.2, 0.25) is 0 Å². The van der Waals surface area contributed by atoms with Crippen LogP contribution in [0.4, 0.5) is 4.79 Å². The molecule has 3 N–H and O–H groups in total. The maximum atomic E-state index is 10.8. The molecule has 1 rings (SSSR count). The first-order valence-corrected chi connectivity index (χ1v) is 7.47. The van der Waals surface area contributed by atoms with Gasteiger partial charge in [0.1, 0.15) is 0 Å². The summed E-state index contributed by atoms with van der Waals surface area (Å²) in [5, 5.41) is 2.74. The van der Waals surface area contributed by atoms with Crippen LogP contribution in [-0.4, -0.2) is 18.3 Å². The number of carbonyl (C=O) groups is 1. The number of primary amides is 1. The lowest BCUT2D eigenvalue weighted by atomic mass is 10.0. The van der Waals surface area contributed by atoms with Crippen molar-refractivity contribution in [1.82, 2.24) is 5.32 Å². The second-order valence-corrected chi connectivity index (χ2v) is 5.49. The molecule has 0 radical (unpaired) electrons. The molecule has 1 aromatic rings. The predicted octanol–water partition coefficient (Wildman–Crippen LogP) is 3.16. The fourth-order valence-electron chi connectivity index (χ4n) is 1.62. The Balaban J connectivity index is 2.73. The van der Waals surface area contributed by atoms with Crippen LogP contribution in [0.15, 0.2) is 27.6 Å². The smallest absolute Gasteiger partial charge is 0.312 e. The summed E-state index contributed by atoms with van der Waals surface area (Å²) in [6, 6.07) is 5.90. The molecule has 0 aliphatic carbocycles. The maximum absolute atomic E-state index is 10.8. The molecule has 0 saturated carbocycles. The zero-order valence-corrected chi connectivity index (χ0v) is 12.4. The van der Waals surface area contributed by atoms with Gasteiger partial charge in [0, 0.05) is 15.4 Å². The van der Waals surface area contributed by atoms with E-state index in [1.165, 1.54) is 10.5 Å². The highest BCUT2D eigenvalue weighted by Crippen LogP contribution is 2.27. The van der Waals surface area contributed by atoms with Gasteiger partial charge in [0.15, 0.2) is 0 Å². The molecule has 0 heterocycles. The van der Waals surface area contributed by atoms with Gasteiger partial charge in [-0.3, -0.25) is 0 Å². The van der Waals surface area contributed by atoms with Crippen LogP contribution < -0.4 is 11.1 Å². The quantitative estimate of drug-likeness (QED) is 0.820. The summed E-state index contributed by atoms with van der Waals surface area (Å²) in [7, 11) is 0. The Morgan fingerprint density at radius 1 is 1.59 bits per heavy atom. The lowest BCUT2D eigenvalue weighted by Crippen LogP contribution is -2.39. The number of amides is 2. The highest BCUT2D eigenvalue weighted by molar-refractivity contribution is 9.10. The number of rotatable bonds is 5. The van der Waals surface area contributed by atoms with Crippen molar-refractivity contribution < 1.29 is 4.79 Å². The van der Waals surface area contributed by atoms with E-state index in [1.54, 1.807) is 11.8 Å². The standard InChI is InChI=1S/C12H17BrN2OS/c1-3-9(15-12(14)16)6-8-4-5-11(17-2)10(13)7-8/h4-5,7,9H,3,6H2,1-2H3,(H3,14,15,16). The lowest BCUT2D eigenvalue weighted by molar-refractivity contribution is 0.244. The van der Waals surface area contributed by atoms with E-state index in [-0.39, 0.29) is 6.04 Å². The van der Waals surface area contributed by atoms with E-state index in [2.05, 4.69) is 39.4 Å². The molecular weight excluding hydrogens is 300 g/mol. The van der Waals surface area contributed by atoms with Crippen LogP contribution in [-0.2, 0) is 6.42 Å². The number of halogens is 1. The van der Waals surface area contributed by atoms with Crippen LogP contribution in [0.5, 0.6) is 0 Å². The zero-order chi connectivity index (χ0) is 12.8. The zero-order valence-electron chi connectivity index (χ0n) is 10.00. The molecule has 0 aromatic heterocycles. The Kier molecular flexibility index (Phi) is 5.85. The number of urea groups is 1. The van der Waals surface area contributed by atoms with Crippen molar-refractivity contribution >= 4 is 33.7 Å². The summed E-state index contributed by atoms with van der Waals surface area (Å²) in [6.45, 7) is 2.03. The van der Waals surface area contributed by atoms with Gasteiger partial charge < -0.3 is 11.1 Å². The van der Waals surface area contributed by atoms with Crippen molar-refractivity contribution in [2.75, 3.05) is 6.26 Å². The molecule has 94 valence electrons. The van der Waals surface area contributed by atoms with E-state index in [0.717, 1.165) is 17.3 Å². The van der Waals surface area contributed by atoms with Crippen LogP contribution in [0.25, 0.3) is 0 Å².